The van der Waals surface area contributed by atoms with Gasteiger partial charge in [-0.3, -0.25) is 0 Å². The predicted molar refractivity (Wildman–Crippen MR) is 82.9 cm³/mol. The second-order valence-corrected chi connectivity index (χ2v) is 6.06. The van der Waals surface area contributed by atoms with Crippen molar-refractivity contribution in [2.75, 3.05) is 0 Å². The van der Waals surface area contributed by atoms with E-state index in [2.05, 4.69) is 9.97 Å². The number of hydrogen-bond acceptors (Lipinski definition) is 6. The Kier molecular flexibility index (Phi) is 4.22. The van der Waals surface area contributed by atoms with E-state index in [9.17, 15) is 4.79 Å². The van der Waals surface area contributed by atoms with Crippen LogP contribution in [0.1, 0.15) is 20.9 Å². The van der Waals surface area contributed by atoms with Gasteiger partial charge in [-0.25, -0.2) is 14.8 Å². The van der Waals surface area contributed by atoms with Gasteiger partial charge >= 0.3 is 5.97 Å². The van der Waals surface area contributed by atoms with Crippen LogP contribution in [-0.2, 0) is 11.3 Å². The van der Waals surface area contributed by atoms with Crippen molar-refractivity contribution in [1.82, 2.24) is 9.97 Å². The van der Waals surface area contributed by atoms with E-state index < -0.39 is 5.97 Å². The Hall–Kier alpha value is -2.18. The van der Waals surface area contributed by atoms with Crippen LogP contribution in [-0.4, -0.2) is 15.9 Å². The molecule has 22 heavy (non-hydrogen) atoms. The molecule has 0 spiro atoms. The molecule has 0 saturated heterocycles. The molecule has 0 aliphatic heterocycles. The standard InChI is InChI=1S/C15H11ClN2O3S/c1-9-13(18-14(22-9)11-3-2-6-20-11)15(19)21-8-10-4-5-12(16)17-7-10/h2-7H,8H2,1H3. The predicted octanol–water partition coefficient (Wildman–Crippen LogP) is 4.12. The third kappa shape index (κ3) is 3.18. The lowest BCUT2D eigenvalue weighted by Crippen LogP contribution is -2.07. The van der Waals surface area contributed by atoms with E-state index in [0.717, 1.165) is 10.4 Å². The summed E-state index contributed by atoms with van der Waals surface area (Å²) in [5.74, 6) is 0.163. The van der Waals surface area contributed by atoms with Crippen LogP contribution < -0.4 is 0 Å². The Labute approximate surface area is 135 Å². The number of esters is 1. The molecule has 7 heteroatoms. The fourth-order valence-electron chi connectivity index (χ4n) is 1.80. The van der Waals surface area contributed by atoms with E-state index in [0.29, 0.717) is 21.6 Å². The molecule has 0 radical (unpaired) electrons. The molecule has 0 aliphatic carbocycles. The molecule has 0 aliphatic rings. The second kappa shape index (κ2) is 6.29. The summed E-state index contributed by atoms with van der Waals surface area (Å²) in [5.41, 5.74) is 1.07. The van der Waals surface area contributed by atoms with Gasteiger partial charge in [0.15, 0.2) is 16.5 Å². The maximum atomic E-state index is 12.1. The van der Waals surface area contributed by atoms with E-state index in [-0.39, 0.29) is 6.61 Å². The molecule has 112 valence electrons. The summed E-state index contributed by atoms with van der Waals surface area (Å²) in [5, 5.41) is 1.05. The number of halogens is 1. The summed E-state index contributed by atoms with van der Waals surface area (Å²) >= 11 is 7.09. The Morgan fingerprint density at radius 2 is 2.27 bits per heavy atom. The highest BCUT2D eigenvalue weighted by Crippen LogP contribution is 2.28. The van der Waals surface area contributed by atoms with Crippen molar-refractivity contribution in [3.05, 3.63) is 58.0 Å². The van der Waals surface area contributed by atoms with Crippen molar-refractivity contribution < 1.29 is 13.9 Å². The van der Waals surface area contributed by atoms with E-state index in [1.165, 1.54) is 11.3 Å². The quantitative estimate of drug-likeness (QED) is 0.530. The first-order valence-corrected chi connectivity index (χ1v) is 7.62. The van der Waals surface area contributed by atoms with Crippen molar-refractivity contribution in [2.24, 2.45) is 0 Å². The molecule has 0 fully saturated rings. The molecule has 0 N–H and O–H groups in total. The highest BCUT2D eigenvalue weighted by molar-refractivity contribution is 7.15. The van der Waals surface area contributed by atoms with E-state index in [1.54, 1.807) is 36.7 Å². The molecule has 3 aromatic heterocycles. The Bertz CT molecular complexity index is 782. The van der Waals surface area contributed by atoms with Crippen molar-refractivity contribution in [3.8, 4) is 10.8 Å². The minimum Gasteiger partial charge on any atom is -0.462 e. The number of carbonyl (C=O) groups is 1. The first-order valence-electron chi connectivity index (χ1n) is 6.42. The number of nitrogens with zero attached hydrogens (tertiary/aromatic N) is 2. The van der Waals surface area contributed by atoms with Crippen LogP contribution in [0.4, 0.5) is 0 Å². The molecule has 0 unspecified atom stereocenters. The van der Waals surface area contributed by atoms with E-state index in [1.807, 2.05) is 6.92 Å². The highest BCUT2D eigenvalue weighted by Gasteiger charge is 2.18. The normalized spacial score (nSPS) is 10.6. The molecule has 0 saturated carbocycles. The number of rotatable bonds is 4. The minimum absolute atomic E-state index is 0.121. The van der Waals surface area contributed by atoms with Gasteiger partial charge in [-0.15, -0.1) is 11.3 Å². The monoisotopic (exact) mass is 334 g/mol. The summed E-state index contributed by atoms with van der Waals surface area (Å²) in [6.07, 6.45) is 3.13. The minimum atomic E-state index is -0.471. The summed E-state index contributed by atoms with van der Waals surface area (Å²) in [4.78, 5) is 21.1. The lowest BCUT2D eigenvalue weighted by molar-refractivity contribution is 0.0465. The van der Waals surface area contributed by atoms with Crippen LogP contribution >= 0.6 is 22.9 Å². The van der Waals surface area contributed by atoms with Gasteiger partial charge in [-0.2, -0.15) is 0 Å². The second-order valence-electron chi connectivity index (χ2n) is 4.47. The number of aryl methyl sites for hydroxylation is 1. The molecular weight excluding hydrogens is 324 g/mol. The molecular formula is C15H11ClN2O3S. The number of carbonyl (C=O) groups excluding carboxylic acids is 1. The molecule has 3 aromatic rings. The smallest absolute Gasteiger partial charge is 0.358 e. The van der Waals surface area contributed by atoms with Gasteiger partial charge in [-0.1, -0.05) is 17.7 Å². The Morgan fingerprint density at radius 1 is 1.41 bits per heavy atom. The molecule has 3 heterocycles. The molecule has 0 atom stereocenters. The van der Waals surface area contributed by atoms with Gasteiger partial charge in [0.1, 0.15) is 11.8 Å². The van der Waals surface area contributed by atoms with Gasteiger partial charge in [0.05, 0.1) is 6.26 Å². The van der Waals surface area contributed by atoms with E-state index >= 15 is 0 Å². The van der Waals surface area contributed by atoms with Gasteiger partial charge < -0.3 is 9.15 Å². The maximum absolute atomic E-state index is 12.1. The van der Waals surface area contributed by atoms with Crippen molar-refractivity contribution in [2.45, 2.75) is 13.5 Å². The van der Waals surface area contributed by atoms with Crippen LogP contribution in [0.25, 0.3) is 10.8 Å². The summed E-state index contributed by atoms with van der Waals surface area (Å²) < 4.78 is 10.5. The summed E-state index contributed by atoms with van der Waals surface area (Å²) in [6.45, 7) is 1.95. The first kappa shape index (κ1) is 14.7. The Morgan fingerprint density at radius 3 is 2.95 bits per heavy atom. The van der Waals surface area contributed by atoms with Gasteiger partial charge in [0, 0.05) is 16.6 Å². The fraction of sp³-hybridized carbons (Fsp3) is 0.133. The number of furan rings is 1. The average molecular weight is 335 g/mol. The van der Waals surface area contributed by atoms with Gasteiger partial charge in [-0.05, 0) is 25.1 Å². The number of ether oxygens (including phenoxy) is 1. The van der Waals surface area contributed by atoms with E-state index in [4.69, 9.17) is 20.8 Å². The third-order valence-corrected chi connectivity index (χ3v) is 4.09. The average Bonchev–Trinajstić information content (AvgIpc) is 3.15. The maximum Gasteiger partial charge on any atom is 0.358 e. The van der Waals surface area contributed by atoms with Crippen molar-refractivity contribution in [3.63, 3.8) is 0 Å². The molecule has 5 nitrogen and oxygen atoms in total. The molecule has 0 bridgehead atoms. The Balaban J connectivity index is 1.71. The van der Waals surface area contributed by atoms with Gasteiger partial charge in [0.25, 0.3) is 0 Å². The van der Waals surface area contributed by atoms with Crippen molar-refractivity contribution in [1.29, 1.82) is 0 Å². The van der Waals surface area contributed by atoms with Crippen LogP contribution in [0.15, 0.2) is 41.1 Å². The SMILES string of the molecule is Cc1sc(-c2ccco2)nc1C(=O)OCc1ccc(Cl)nc1. The van der Waals surface area contributed by atoms with Gasteiger partial charge in [0.2, 0.25) is 0 Å². The van der Waals surface area contributed by atoms with Crippen LogP contribution in [0.2, 0.25) is 5.15 Å². The topological polar surface area (TPSA) is 65.2 Å². The fourth-order valence-corrected chi connectivity index (χ4v) is 2.78. The highest BCUT2D eigenvalue weighted by atomic mass is 35.5. The third-order valence-electron chi connectivity index (χ3n) is 2.88. The zero-order chi connectivity index (χ0) is 15.5. The lowest BCUT2D eigenvalue weighted by Gasteiger charge is -2.03. The largest absolute Gasteiger partial charge is 0.462 e. The lowest BCUT2D eigenvalue weighted by atomic mass is 10.3. The zero-order valence-corrected chi connectivity index (χ0v) is 13.1. The molecule has 0 amide bonds. The van der Waals surface area contributed by atoms with Crippen LogP contribution in [0.5, 0.6) is 0 Å². The molecule has 3 rings (SSSR count). The van der Waals surface area contributed by atoms with Crippen LogP contribution in [0, 0.1) is 6.92 Å². The van der Waals surface area contributed by atoms with Crippen molar-refractivity contribution >= 4 is 28.9 Å². The first-order chi connectivity index (χ1) is 10.6. The zero-order valence-electron chi connectivity index (χ0n) is 11.6. The number of hydrogen-bond donors (Lipinski definition) is 0. The summed E-state index contributed by atoms with van der Waals surface area (Å²) in [6, 6.07) is 6.98. The summed E-state index contributed by atoms with van der Waals surface area (Å²) in [7, 11) is 0. The van der Waals surface area contributed by atoms with Crippen LogP contribution in [0.3, 0.4) is 0 Å². The number of thiazole rings is 1. The number of pyridine rings is 1. The number of aromatic nitrogens is 2. The molecule has 0 aromatic carbocycles.